The maximum absolute atomic E-state index is 14.8. The van der Waals surface area contributed by atoms with Gasteiger partial charge >= 0.3 is 0 Å². The van der Waals surface area contributed by atoms with Crippen molar-refractivity contribution in [3.63, 3.8) is 0 Å². The molecule has 0 bridgehead atoms. The summed E-state index contributed by atoms with van der Waals surface area (Å²) in [6.07, 6.45) is 9.41. The predicted octanol–water partition coefficient (Wildman–Crippen LogP) is 5.43. The Balaban J connectivity index is 0.921. The molecule has 0 spiro atoms. The van der Waals surface area contributed by atoms with Crippen molar-refractivity contribution in [3.05, 3.63) is 69.4 Å². The van der Waals surface area contributed by atoms with Gasteiger partial charge < -0.3 is 14.5 Å². The van der Waals surface area contributed by atoms with E-state index in [0.29, 0.717) is 36.9 Å². The molecule has 1 aromatic carbocycles. The topological polar surface area (TPSA) is 58.6 Å². The molecular weight excluding hydrogens is 499 g/mol. The molecule has 0 radical (unpaired) electrons. The quantitative estimate of drug-likeness (QED) is 0.386. The molecule has 38 heavy (non-hydrogen) atoms. The van der Waals surface area contributed by atoms with Crippen LogP contribution >= 0.6 is 11.3 Å². The Morgan fingerprint density at radius 2 is 1.97 bits per heavy atom. The minimum absolute atomic E-state index is 0.0218. The average molecular weight is 535 g/mol. The lowest BCUT2D eigenvalue weighted by molar-refractivity contribution is -0.131. The molecule has 2 fully saturated rings. The van der Waals surface area contributed by atoms with Crippen LogP contribution in [-0.4, -0.2) is 47.0 Å². The van der Waals surface area contributed by atoms with Crippen molar-refractivity contribution in [1.82, 2.24) is 14.9 Å². The van der Waals surface area contributed by atoms with E-state index in [4.69, 9.17) is 4.74 Å². The molecule has 200 valence electrons. The number of hydrogen-bond donors (Lipinski definition) is 0. The first-order valence-electron chi connectivity index (χ1n) is 13.8. The minimum Gasteiger partial charge on any atom is -0.493 e. The monoisotopic (exact) mass is 534 g/mol. The van der Waals surface area contributed by atoms with Crippen molar-refractivity contribution in [2.75, 3.05) is 31.1 Å². The maximum Gasteiger partial charge on any atom is 0.227 e. The number of hydrogen-bond acceptors (Lipinski definition) is 6. The molecule has 6 rings (SSSR count). The maximum atomic E-state index is 14.8. The van der Waals surface area contributed by atoms with Gasteiger partial charge in [0.15, 0.2) is 0 Å². The van der Waals surface area contributed by atoms with Crippen LogP contribution in [0.25, 0.3) is 0 Å². The Hall–Kier alpha value is -3.00. The molecule has 0 N–H and O–H groups in total. The van der Waals surface area contributed by atoms with E-state index in [1.54, 1.807) is 23.5 Å². The van der Waals surface area contributed by atoms with Gasteiger partial charge in [-0.1, -0.05) is 6.07 Å². The fourth-order valence-corrected chi connectivity index (χ4v) is 6.97. The molecule has 1 saturated heterocycles. The number of ether oxygens (including phenoxy) is 1. The number of thiophene rings is 1. The van der Waals surface area contributed by atoms with Crippen LogP contribution in [0.4, 0.5) is 10.3 Å². The molecule has 8 heteroatoms. The number of carbonyl (C=O) groups excluding carboxylic acids is 1. The Labute approximate surface area is 227 Å². The van der Waals surface area contributed by atoms with Crippen LogP contribution < -0.4 is 9.64 Å². The summed E-state index contributed by atoms with van der Waals surface area (Å²) < 4.78 is 20.7. The molecule has 2 aliphatic heterocycles. The highest BCUT2D eigenvalue weighted by atomic mass is 32.1. The number of halogens is 1. The smallest absolute Gasteiger partial charge is 0.227 e. The van der Waals surface area contributed by atoms with Gasteiger partial charge in [-0.3, -0.25) is 4.79 Å². The second kappa shape index (κ2) is 11.0. The standard InChI is InChI=1S/C30H35FN4O2S/c1-20-17-32-30(33-18-20)34-9-4-21(5-10-34)26-14-22(26)7-12-37-25-3-2-23(27(31)16-25)15-29(36)35-11-6-28-24(19-35)8-13-38-28/h2-3,8,13,16-18,21-22,26H,4-7,9-12,14-15,19H2,1H3/t22-,26-/m1/s1. The lowest BCUT2D eigenvalue weighted by Crippen LogP contribution is -2.36. The van der Waals surface area contributed by atoms with E-state index in [-0.39, 0.29) is 18.1 Å². The zero-order chi connectivity index (χ0) is 26.1. The van der Waals surface area contributed by atoms with Crippen molar-refractivity contribution in [2.45, 2.75) is 52.0 Å². The zero-order valence-corrected chi connectivity index (χ0v) is 22.8. The molecule has 3 aliphatic rings. The summed E-state index contributed by atoms with van der Waals surface area (Å²) in [6, 6.07) is 7.02. The Kier molecular flexibility index (Phi) is 7.32. The summed E-state index contributed by atoms with van der Waals surface area (Å²) in [5, 5.41) is 2.08. The van der Waals surface area contributed by atoms with Gasteiger partial charge in [-0.2, -0.15) is 0 Å². The van der Waals surface area contributed by atoms with Crippen LogP contribution in [0.1, 0.15) is 47.3 Å². The first-order valence-corrected chi connectivity index (χ1v) is 14.7. The zero-order valence-electron chi connectivity index (χ0n) is 21.9. The van der Waals surface area contributed by atoms with Gasteiger partial charge in [-0.05, 0) is 91.0 Å². The highest BCUT2D eigenvalue weighted by Crippen LogP contribution is 2.49. The summed E-state index contributed by atoms with van der Waals surface area (Å²) in [7, 11) is 0. The largest absolute Gasteiger partial charge is 0.493 e. The number of piperidine rings is 1. The normalized spacial score (nSPS) is 21.3. The molecule has 6 nitrogen and oxygen atoms in total. The summed E-state index contributed by atoms with van der Waals surface area (Å²) >= 11 is 1.75. The van der Waals surface area contributed by atoms with Crippen molar-refractivity contribution >= 4 is 23.2 Å². The number of carbonyl (C=O) groups is 1. The first kappa shape index (κ1) is 25.3. The minimum atomic E-state index is -0.363. The number of aryl methyl sites for hydroxylation is 1. The second-order valence-electron chi connectivity index (χ2n) is 11.0. The van der Waals surface area contributed by atoms with Crippen molar-refractivity contribution < 1.29 is 13.9 Å². The Morgan fingerprint density at radius 1 is 1.16 bits per heavy atom. The third-order valence-electron chi connectivity index (χ3n) is 8.46. The summed E-state index contributed by atoms with van der Waals surface area (Å²) in [5.74, 6) is 3.26. The van der Waals surface area contributed by atoms with Crippen LogP contribution in [0.5, 0.6) is 5.75 Å². The number of fused-ring (bicyclic) bond motifs is 1. The van der Waals surface area contributed by atoms with Gasteiger partial charge in [0.2, 0.25) is 11.9 Å². The second-order valence-corrected chi connectivity index (χ2v) is 12.0. The third-order valence-corrected chi connectivity index (χ3v) is 9.48. The van der Waals surface area contributed by atoms with E-state index in [9.17, 15) is 9.18 Å². The number of aromatic nitrogens is 2. The molecule has 4 heterocycles. The molecule has 1 amide bonds. The van der Waals surface area contributed by atoms with Crippen LogP contribution in [0.2, 0.25) is 0 Å². The summed E-state index contributed by atoms with van der Waals surface area (Å²) in [4.78, 5) is 27.2. The fourth-order valence-electron chi connectivity index (χ4n) is 6.08. The van der Waals surface area contributed by atoms with E-state index in [1.165, 1.54) is 35.8 Å². The first-order chi connectivity index (χ1) is 18.5. The van der Waals surface area contributed by atoms with Crippen LogP contribution in [0, 0.1) is 30.5 Å². The molecule has 3 aromatic rings. The SMILES string of the molecule is Cc1cnc(N2CCC([C@H]3C[C@H]3CCOc3ccc(CC(=O)N4CCc5sccc5C4)c(F)c3)CC2)nc1. The Bertz CT molecular complexity index is 1270. The van der Waals surface area contributed by atoms with E-state index >= 15 is 0 Å². The third kappa shape index (κ3) is 5.70. The molecular formula is C30H35FN4O2S. The summed E-state index contributed by atoms with van der Waals surface area (Å²) in [6.45, 7) is 5.99. The molecule has 0 unspecified atom stereocenters. The number of anilines is 1. The van der Waals surface area contributed by atoms with Gasteiger partial charge in [0.1, 0.15) is 11.6 Å². The number of nitrogens with zero attached hydrogens (tertiary/aromatic N) is 4. The number of amides is 1. The highest BCUT2D eigenvalue weighted by Gasteiger charge is 2.43. The molecule has 2 aromatic heterocycles. The van der Waals surface area contributed by atoms with Gasteiger partial charge in [-0.25, -0.2) is 14.4 Å². The van der Waals surface area contributed by atoms with E-state index < -0.39 is 0 Å². The lowest BCUT2D eigenvalue weighted by Gasteiger charge is -2.32. The molecule has 1 saturated carbocycles. The van der Waals surface area contributed by atoms with Crippen LogP contribution in [-0.2, 0) is 24.2 Å². The van der Waals surface area contributed by atoms with Crippen molar-refractivity contribution in [2.24, 2.45) is 17.8 Å². The van der Waals surface area contributed by atoms with E-state index in [1.807, 2.05) is 24.2 Å². The molecule has 1 aliphatic carbocycles. The van der Waals surface area contributed by atoms with E-state index in [0.717, 1.165) is 49.3 Å². The van der Waals surface area contributed by atoms with Gasteiger partial charge in [0.25, 0.3) is 0 Å². The van der Waals surface area contributed by atoms with Crippen molar-refractivity contribution in [3.8, 4) is 5.75 Å². The number of benzene rings is 1. The predicted molar refractivity (Wildman–Crippen MR) is 147 cm³/mol. The van der Waals surface area contributed by atoms with Gasteiger partial charge in [-0.15, -0.1) is 11.3 Å². The van der Waals surface area contributed by atoms with E-state index in [2.05, 4.69) is 26.3 Å². The van der Waals surface area contributed by atoms with Gasteiger partial charge in [0.05, 0.1) is 13.0 Å². The van der Waals surface area contributed by atoms with Crippen molar-refractivity contribution in [1.29, 1.82) is 0 Å². The highest BCUT2D eigenvalue weighted by molar-refractivity contribution is 7.10. The fraction of sp³-hybridized carbons (Fsp3) is 0.500. The summed E-state index contributed by atoms with van der Waals surface area (Å²) in [5.41, 5.74) is 2.74. The van der Waals surface area contributed by atoms with Crippen LogP contribution in [0.3, 0.4) is 0 Å². The van der Waals surface area contributed by atoms with Crippen LogP contribution in [0.15, 0.2) is 42.0 Å². The molecule has 2 atom stereocenters. The number of rotatable bonds is 8. The Morgan fingerprint density at radius 3 is 2.76 bits per heavy atom. The lowest BCUT2D eigenvalue weighted by atomic mass is 9.90. The average Bonchev–Trinajstić information content (AvgIpc) is 3.55. The van der Waals surface area contributed by atoms with Gasteiger partial charge in [0, 0.05) is 49.5 Å².